The molecular weight excluding hydrogens is 190 g/mol. The monoisotopic (exact) mass is 207 g/mol. The van der Waals surface area contributed by atoms with Crippen molar-refractivity contribution in [1.82, 2.24) is 15.1 Å². The summed E-state index contributed by atoms with van der Waals surface area (Å²) >= 11 is 0. The van der Waals surface area contributed by atoms with Crippen molar-refractivity contribution in [1.29, 1.82) is 0 Å². The Balaban J connectivity index is 1.91. The molecule has 15 heavy (non-hydrogen) atoms. The van der Waals surface area contributed by atoms with Gasteiger partial charge in [-0.15, -0.1) is 0 Å². The van der Waals surface area contributed by atoms with Gasteiger partial charge in [0.25, 0.3) is 0 Å². The summed E-state index contributed by atoms with van der Waals surface area (Å²) in [5.41, 5.74) is 1.03. The molecule has 0 atom stereocenters. The van der Waals surface area contributed by atoms with Crippen LogP contribution in [0.3, 0.4) is 0 Å². The highest BCUT2D eigenvalue weighted by atomic mass is 16.1. The Labute approximate surface area is 89.7 Å². The molecule has 1 aliphatic rings. The molecule has 4 nitrogen and oxygen atoms in total. The van der Waals surface area contributed by atoms with Gasteiger partial charge in [0.1, 0.15) is 5.78 Å². The van der Waals surface area contributed by atoms with E-state index in [1.165, 1.54) is 0 Å². The highest BCUT2D eigenvalue weighted by Gasteiger charge is 2.20. The molecule has 4 heteroatoms. The number of nitrogens with zero attached hydrogens (tertiary/aromatic N) is 2. The van der Waals surface area contributed by atoms with Crippen LogP contribution in [0.4, 0.5) is 0 Å². The predicted octanol–water partition coefficient (Wildman–Crippen LogP) is 0.531. The topological polar surface area (TPSA) is 46.9 Å². The highest BCUT2D eigenvalue weighted by Crippen LogP contribution is 2.15. The van der Waals surface area contributed by atoms with E-state index < -0.39 is 0 Å². The number of carbonyl (C=O) groups is 1. The normalized spacial score (nSPS) is 17.9. The van der Waals surface area contributed by atoms with Crippen molar-refractivity contribution in [3.05, 3.63) is 18.0 Å². The summed E-state index contributed by atoms with van der Waals surface area (Å²) in [5.74, 6) is 0.621. The average Bonchev–Trinajstić information content (AvgIpc) is 2.65. The van der Waals surface area contributed by atoms with E-state index in [1.807, 2.05) is 13.2 Å². The zero-order chi connectivity index (χ0) is 10.7. The molecule has 0 aromatic carbocycles. The summed E-state index contributed by atoms with van der Waals surface area (Å²) in [6.45, 7) is 1.95. The van der Waals surface area contributed by atoms with Crippen LogP contribution in [0.25, 0.3) is 0 Å². The lowest BCUT2D eigenvalue weighted by Crippen LogP contribution is -2.32. The number of aryl methyl sites for hydroxylation is 1. The molecule has 1 aliphatic heterocycles. The average molecular weight is 207 g/mol. The van der Waals surface area contributed by atoms with Crippen LogP contribution in [0.2, 0.25) is 0 Å². The number of nitrogens with one attached hydrogen (secondary N) is 1. The fourth-order valence-corrected chi connectivity index (χ4v) is 2.05. The SMILES string of the molecule is Cn1cc(CC(=O)C2CCNCC2)cn1. The van der Waals surface area contributed by atoms with Crippen molar-refractivity contribution in [2.45, 2.75) is 19.3 Å². The third-order valence-electron chi connectivity index (χ3n) is 2.93. The Morgan fingerprint density at radius 1 is 1.60 bits per heavy atom. The number of hydrogen-bond acceptors (Lipinski definition) is 3. The number of rotatable bonds is 3. The van der Waals surface area contributed by atoms with E-state index in [1.54, 1.807) is 10.9 Å². The van der Waals surface area contributed by atoms with E-state index >= 15 is 0 Å². The molecule has 0 saturated carbocycles. The van der Waals surface area contributed by atoms with Gasteiger partial charge in [0.2, 0.25) is 0 Å². The summed E-state index contributed by atoms with van der Waals surface area (Å²) in [7, 11) is 1.87. The second kappa shape index (κ2) is 4.57. The molecule has 1 N–H and O–H groups in total. The Bertz CT molecular complexity index is 339. The molecular formula is C11H17N3O. The van der Waals surface area contributed by atoms with Gasteiger partial charge in [-0.3, -0.25) is 9.48 Å². The number of carbonyl (C=O) groups excluding carboxylic acids is 1. The number of hydrogen-bond donors (Lipinski definition) is 1. The van der Waals surface area contributed by atoms with Crippen molar-refractivity contribution >= 4 is 5.78 Å². The van der Waals surface area contributed by atoms with Crippen molar-refractivity contribution in [2.24, 2.45) is 13.0 Å². The third-order valence-corrected chi connectivity index (χ3v) is 2.93. The van der Waals surface area contributed by atoms with Crippen molar-refractivity contribution in [3.8, 4) is 0 Å². The van der Waals surface area contributed by atoms with Crippen LogP contribution in [0, 0.1) is 5.92 Å². The number of aromatic nitrogens is 2. The molecule has 0 unspecified atom stereocenters. The maximum absolute atomic E-state index is 11.9. The number of piperidine rings is 1. The van der Waals surface area contributed by atoms with Crippen LogP contribution in [0.5, 0.6) is 0 Å². The van der Waals surface area contributed by atoms with Gasteiger partial charge in [0.15, 0.2) is 0 Å². The van der Waals surface area contributed by atoms with Gasteiger partial charge in [-0.05, 0) is 31.5 Å². The summed E-state index contributed by atoms with van der Waals surface area (Å²) < 4.78 is 1.74. The minimum absolute atomic E-state index is 0.256. The van der Waals surface area contributed by atoms with Gasteiger partial charge >= 0.3 is 0 Å². The number of Topliss-reactive ketones (excluding diaryl/α,β-unsaturated/α-hetero) is 1. The molecule has 1 saturated heterocycles. The van der Waals surface area contributed by atoms with E-state index in [2.05, 4.69) is 10.4 Å². The second-order valence-corrected chi connectivity index (χ2v) is 4.19. The molecule has 2 rings (SSSR count). The molecule has 0 radical (unpaired) electrons. The third kappa shape index (κ3) is 2.65. The fraction of sp³-hybridized carbons (Fsp3) is 0.636. The van der Waals surface area contributed by atoms with E-state index in [0.29, 0.717) is 12.2 Å². The first-order valence-electron chi connectivity index (χ1n) is 5.46. The van der Waals surface area contributed by atoms with Crippen LogP contribution in [-0.4, -0.2) is 28.7 Å². The lowest BCUT2D eigenvalue weighted by molar-refractivity contribution is -0.122. The second-order valence-electron chi connectivity index (χ2n) is 4.19. The van der Waals surface area contributed by atoms with Gasteiger partial charge in [-0.1, -0.05) is 0 Å². The van der Waals surface area contributed by atoms with Crippen LogP contribution in [0.1, 0.15) is 18.4 Å². The molecule has 0 spiro atoms. The van der Waals surface area contributed by atoms with Crippen molar-refractivity contribution < 1.29 is 4.79 Å². The predicted molar refractivity (Wildman–Crippen MR) is 57.5 cm³/mol. The van der Waals surface area contributed by atoms with Crippen molar-refractivity contribution in [2.75, 3.05) is 13.1 Å². The Hall–Kier alpha value is -1.16. The van der Waals surface area contributed by atoms with Gasteiger partial charge in [-0.25, -0.2) is 0 Å². The minimum Gasteiger partial charge on any atom is -0.317 e. The number of ketones is 1. The van der Waals surface area contributed by atoms with E-state index in [4.69, 9.17) is 0 Å². The smallest absolute Gasteiger partial charge is 0.140 e. The Kier molecular flexibility index (Phi) is 3.16. The molecule has 1 fully saturated rings. The van der Waals surface area contributed by atoms with Crippen molar-refractivity contribution in [3.63, 3.8) is 0 Å². The Morgan fingerprint density at radius 3 is 2.93 bits per heavy atom. The molecule has 1 aromatic rings. The lowest BCUT2D eigenvalue weighted by Gasteiger charge is -2.20. The summed E-state index contributed by atoms with van der Waals surface area (Å²) in [5, 5.41) is 7.34. The largest absolute Gasteiger partial charge is 0.317 e. The van der Waals surface area contributed by atoms with E-state index in [0.717, 1.165) is 31.5 Å². The first-order valence-corrected chi connectivity index (χ1v) is 5.46. The minimum atomic E-state index is 0.256. The van der Waals surface area contributed by atoms with Gasteiger partial charge in [-0.2, -0.15) is 5.10 Å². The van der Waals surface area contributed by atoms with Crippen LogP contribution >= 0.6 is 0 Å². The molecule has 1 aromatic heterocycles. The zero-order valence-electron chi connectivity index (χ0n) is 9.07. The molecule has 0 bridgehead atoms. The summed E-state index contributed by atoms with van der Waals surface area (Å²) in [4.78, 5) is 11.9. The summed E-state index contributed by atoms with van der Waals surface area (Å²) in [6, 6.07) is 0. The van der Waals surface area contributed by atoms with Gasteiger partial charge in [0, 0.05) is 25.6 Å². The first-order chi connectivity index (χ1) is 7.25. The lowest BCUT2D eigenvalue weighted by atomic mass is 9.91. The summed E-state index contributed by atoms with van der Waals surface area (Å²) in [6.07, 6.45) is 6.20. The van der Waals surface area contributed by atoms with E-state index in [9.17, 15) is 4.79 Å². The molecule has 0 aliphatic carbocycles. The van der Waals surface area contributed by atoms with E-state index in [-0.39, 0.29) is 5.92 Å². The quantitative estimate of drug-likeness (QED) is 0.786. The maximum Gasteiger partial charge on any atom is 0.140 e. The standard InChI is InChI=1S/C11H17N3O/c1-14-8-9(7-13-14)6-11(15)10-2-4-12-5-3-10/h7-8,10,12H,2-6H2,1H3. The first kappa shape index (κ1) is 10.4. The molecule has 0 amide bonds. The fourth-order valence-electron chi connectivity index (χ4n) is 2.05. The van der Waals surface area contributed by atoms with Gasteiger partial charge < -0.3 is 5.32 Å². The van der Waals surface area contributed by atoms with Crippen LogP contribution < -0.4 is 5.32 Å². The van der Waals surface area contributed by atoms with Crippen LogP contribution in [0.15, 0.2) is 12.4 Å². The van der Waals surface area contributed by atoms with Gasteiger partial charge in [0.05, 0.1) is 6.20 Å². The maximum atomic E-state index is 11.9. The zero-order valence-corrected chi connectivity index (χ0v) is 9.07. The Morgan fingerprint density at radius 2 is 2.33 bits per heavy atom. The highest BCUT2D eigenvalue weighted by molar-refractivity contribution is 5.83. The molecule has 2 heterocycles. The van der Waals surface area contributed by atoms with Crippen LogP contribution in [-0.2, 0) is 18.3 Å². The molecule has 82 valence electrons.